The van der Waals surface area contributed by atoms with E-state index in [0.717, 1.165) is 5.56 Å². The average molecular weight is 219 g/mol. The van der Waals surface area contributed by atoms with Gasteiger partial charge >= 0.3 is 5.97 Å². The van der Waals surface area contributed by atoms with Crippen LogP contribution in [0, 0.1) is 0 Å². The molecule has 0 bridgehead atoms. The van der Waals surface area contributed by atoms with E-state index < -0.39 is 0 Å². The van der Waals surface area contributed by atoms with Gasteiger partial charge in [-0.25, -0.2) is 0 Å². The van der Waals surface area contributed by atoms with E-state index in [1.54, 1.807) is 5.06 Å². The van der Waals surface area contributed by atoms with Gasteiger partial charge in [-0.1, -0.05) is 30.3 Å². The summed E-state index contributed by atoms with van der Waals surface area (Å²) in [6, 6.07) is 9.99. The fourth-order valence-electron chi connectivity index (χ4n) is 2.46. The molecule has 1 aromatic carbocycles. The lowest BCUT2D eigenvalue weighted by Gasteiger charge is -2.21. The minimum absolute atomic E-state index is 0.0117. The Morgan fingerprint density at radius 3 is 2.81 bits per heavy atom. The maximum absolute atomic E-state index is 11.2. The van der Waals surface area contributed by atoms with Crippen LogP contribution >= 0.6 is 0 Å². The third-order valence-electron chi connectivity index (χ3n) is 3.15. The van der Waals surface area contributed by atoms with Gasteiger partial charge in [-0.3, -0.25) is 9.63 Å². The van der Waals surface area contributed by atoms with Crippen LogP contribution < -0.4 is 0 Å². The molecule has 2 fully saturated rings. The van der Waals surface area contributed by atoms with Gasteiger partial charge in [0.25, 0.3) is 0 Å². The van der Waals surface area contributed by atoms with Crippen LogP contribution in [-0.4, -0.2) is 30.3 Å². The van der Waals surface area contributed by atoms with E-state index in [4.69, 9.17) is 9.57 Å². The number of hydrogen-bond acceptors (Lipinski definition) is 4. The quantitative estimate of drug-likeness (QED) is 0.667. The summed E-state index contributed by atoms with van der Waals surface area (Å²) in [5.41, 5.74) is 1.12. The van der Waals surface area contributed by atoms with Crippen LogP contribution in [0.15, 0.2) is 30.3 Å². The molecule has 0 spiro atoms. The molecule has 3 atom stereocenters. The lowest BCUT2D eigenvalue weighted by atomic mass is 9.99. The molecular weight excluding hydrogens is 206 g/mol. The van der Waals surface area contributed by atoms with Gasteiger partial charge in [0.05, 0.1) is 12.5 Å². The van der Waals surface area contributed by atoms with Crippen molar-refractivity contribution >= 4 is 5.97 Å². The highest BCUT2D eigenvalue weighted by Crippen LogP contribution is 2.39. The Kier molecular flexibility index (Phi) is 2.19. The number of fused-ring (bicyclic) bond motifs is 1. The molecule has 0 aromatic heterocycles. The first-order chi connectivity index (χ1) is 7.75. The fraction of sp³-hybridized carbons (Fsp3) is 0.417. The van der Waals surface area contributed by atoms with E-state index in [2.05, 4.69) is 0 Å². The molecule has 0 unspecified atom stereocenters. The molecule has 0 saturated carbocycles. The van der Waals surface area contributed by atoms with E-state index in [1.807, 2.05) is 37.4 Å². The van der Waals surface area contributed by atoms with Crippen LogP contribution in [0.5, 0.6) is 0 Å². The Morgan fingerprint density at radius 1 is 1.31 bits per heavy atom. The zero-order valence-corrected chi connectivity index (χ0v) is 9.00. The SMILES string of the molecule is CN1O[C@@H]2CC(=O)O[C@@H]2[C@@H]1c1ccccc1. The molecular formula is C12H13NO3. The minimum atomic E-state index is -0.167. The number of esters is 1. The van der Waals surface area contributed by atoms with Crippen LogP contribution in [0.4, 0.5) is 0 Å². The number of ether oxygens (including phenoxy) is 1. The van der Waals surface area contributed by atoms with Crippen molar-refractivity contribution in [3.05, 3.63) is 35.9 Å². The number of benzene rings is 1. The summed E-state index contributed by atoms with van der Waals surface area (Å²) in [5.74, 6) is -0.163. The molecule has 3 rings (SSSR count). The van der Waals surface area contributed by atoms with E-state index in [9.17, 15) is 4.79 Å². The summed E-state index contributed by atoms with van der Waals surface area (Å²) >= 11 is 0. The topological polar surface area (TPSA) is 38.8 Å². The molecule has 0 radical (unpaired) electrons. The van der Waals surface area contributed by atoms with Gasteiger partial charge in [0.2, 0.25) is 0 Å². The van der Waals surface area contributed by atoms with Gasteiger partial charge < -0.3 is 4.74 Å². The first-order valence-corrected chi connectivity index (χ1v) is 5.40. The lowest BCUT2D eigenvalue weighted by molar-refractivity contribution is -0.156. The van der Waals surface area contributed by atoms with Crippen molar-refractivity contribution in [2.45, 2.75) is 24.7 Å². The van der Waals surface area contributed by atoms with Crippen molar-refractivity contribution in [1.29, 1.82) is 0 Å². The van der Waals surface area contributed by atoms with E-state index >= 15 is 0 Å². The summed E-state index contributed by atoms with van der Waals surface area (Å²) < 4.78 is 5.32. The maximum Gasteiger partial charge on any atom is 0.309 e. The molecule has 4 heteroatoms. The van der Waals surface area contributed by atoms with Crippen LogP contribution in [-0.2, 0) is 14.4 Å². The standard InChI is InChI=1S/C12H13NO3/c1-13-11(8-5-3-2-4-6-8)12-9(16-13)7-10(14)15-12/h2-6,9,11-12H,7H2,1H3/t9-,11+,12+/m1/s1. The first kappa shape index (κ1) is 9.81. The third-order valence-corrected chi connectivity index (χ3v) is 3.15. The minimum Gasteiger partial charge on any atom is -0.457 e. The van der Waals surface area contributed by atoms with Crippen molar-refractivity contribution in [3.63, 3.8) is 0 Å². The number of rotatable bonds is 1. The zero-order chi connectivity index (χ0) is 11.1. The van der Waals surface area contributed by atoms with Crippen molar-refractivity contribution in [3.8, 4) is 0 Å². The van der Waals surface area contributed by atoms with Gasteiger partial charge in [0.1, 0.15) is 6.10 Å². The molecule has 0 N–H and O–H groups in total. The summed E-state index contributed by atoms with van der Waals surface area (Å²) in [6.45, 7) is 0. The number of hydrogen-bond donors (Lipinski definition) is 0. The van der Waals surface area contributed by atoms with Crippen LogP contribution in [0.1, 0.15) is 18.0 Å². The van der Waals surface area contributed by atoms with E-state index in [-0.39, 0.29) is 24.2 Å². The highest BCUT2D eigenvalue weighted by molar-refractivity contribution is 5.73. The summed E-state index contributed by atoms with van der Waals surface area (Å²) in [7, 11) is 1.88. The predicted octanol–water partition coefficient (Wildman–Crippen LogP) is 1.29. The van der Waals surface area contributed by atoms with Crippen LogP contribution in [0.25, 0.3) is 0 Å². The smallest absolute Gasteiger partial charge is 0.309 e. The molecule has 2 saturated heterocycles. The Morgan fingerprint density at radius 2 is 2.06 bits per heavy atom. The predicted molar refractivity (Wildman–Crippen MR) is 56.3 cm³/mol. The summed E-state index contributed by atoms with van der Waals surface area (Å²) in [6.07, 6.45) is 0.0702. The van der Waals surface area contributed by atoms with Crippen LogP contribution in [0.2, 0.25) is 0 Å². The van der Waals surface area contributed by atoms with Gasteiger partial charge in [-0.2, -0.15) is 5.06 Å². The molecule has 2 heterocycles. The lowest BCUT2D eigenvalue weighted by Crippen LogP contribution is -2.25. The number of nitrogens with zero attached hydrogens (tertiary/aromatic N) is 1. The second-order valence-corrected chi connectivity index (χ2v) is 4.20. The van der Waals surface area contributed by atoms with Crippen molar-refractivity contribution in [2.75, 3.05) is 7.05 Å². The second kappa shape index (κ2) is 3.57. The number of hydroxylamine groups is 2. The Balaban J connectivity index is 1.92. The molecule has 16 heavy (non-hydrogen) atoms. The first-order valence-electron chi connectivity index (χ1n) is 5.40. The number of carbonyl (C=O) groups excluding carboxylic acids is 1. The summed E-state index contributed by atoms with van der Waals surface area (Å²) in [5, 5.41) is 1.79. The monoisotopic (exact) mass is 219 g/mol. The fourth-order valence-corrected chi connectivity index (χ4v) is 2.46. The van der Waals surface area contributed by atoms with Gasteiger partial charge in [-0.15, -0.1) is 0 Å². The average Bonchev–Trinajstić information content (AvgIpc) is 2.74. The second-order valence-electron chi connectivity index (χ2n) is 4.20. The Hall–Kier alpha value is -1.39. The largest absolute Gasteiger partial charge is 0.457 e. The molecule has 84 valence electrons. The summed E-state index contributed by atoms with van der Waals surface area (Å²) in [4.78, 5) is 16.8. The maximum atomic E-state index is 11.2. The highest BCUT2D eigenvalue weighted by Gasteiger charge is 2.50. The Labute approximate surface area is 93.7 Å². The number of carbonyl (C=O) groups is 1. The van der Waals surface area contributed by atoms with Crippen molar-refractivity contribution < 1.29 is 14.4 Å². The van der Waals surface area contributed by atoms with Crippen molar-refractivity contribution in [1.82, 2.24) is 5.06 Å². The van der Waals surface area contributed by atoms with Crippen molar-refractivity contribution in [2.24, 2.45) is 0 Å². The number of likely N-dealkylation sites (N-methyl/N-ethyl adjacent to an activating group) is 1. The molecule has 0 amide bonds. The van der Waals surface area contributed by atoms with Gasteiger partial charge in [0, 0.05) is 7.05 Å². The van der Waals surface area contributed by atoms with Crippen LogP contribution in [0.3, 0.4) is 0 Å². The highest BCUT2D eigenvalue weighted by atomic mass is 16.7. The molecule has 2 aliphatic heterocycles. The normalized spacial score (nSPS) is 33.8. The molecule has 4 nitrogen and oxygen atoms in total. The Bertz CT molecular complexity index is 406. The van der Waals surface area contributed by atoms with Gasteiger partial charge in [-0.05, 0) is 5.56 Å². The third kappa shape index (κ3) is 1.42. The molecule has 1 aromatic rings. The molecule has 0 aliphatic carbocycles. The molecule has 2 aliphatic rings. The zero-order valence-electron chi connectivity index (χ0n) is 9.00. The van der Waals surface area contributed by atoms with Gasteiger partial charge in [0.15, 0.2) is 6.10 Å². The van der Waals surface area contributed by atoms with E-state index in [0.29, 0.717) is 6.42 Å². The van der Waals surface area contributed by atoms with E-state index in [1.165, 1.54) is 0 Å².